The van der Waals surface area contributed by atoms with Crippen LogP contribution in [0.4, 0.5) is 0 Å². The number of hydrogen-bond acceptors (Lipinski definition) is 6. The molecule has 0 spiro atoms. The smallest absolute Gasteiger partial charge is 0.306 e. The Balaban J connectivity index is 4.34. The van der Waals surface area contributed by atoms with Crippen LogP contribution in [0, 0.1) is 5.92 Å². The maximum Gasteiger partial charge on any atom is 0.306 e. The van der Waals surface area contributed by atoms with Crippen LogP contribution in [0.25, 0.3) is 0 Å². The summed E-state index contributed by atoms with van der Waals surface area (Å²) in [4.78, 5) is 37.4. The first kappa shape index (κ1) is 45.4. The lowest BCUT2D eigenvalue weighted by Gasteiger charge is -2.18. The summed E-state index contributed by atoms with van der Waals surface area (Å²) >= 11 is 0. The Bertz CT molecular complexity index is 706. The minimum Gasteiger partial charge on any atom is -0.462 e. The fourth-order valence-corrected chi connectivity index (χ4v) is 5.92. The van der Waals surface area contributed by atoms with Gasteiger partial charge in [0.2, 0.25) is 0 Å². The van der Waals surface area contributed by atoms with Crippen LogP contribution in [0.1, 0.15) is 220 Å². The third kappa shape index (κ3) is 35.5. The van der Waals surface area contributed by atoms with Gasteiger partial charge in [0.15, 0.2) is 6.10 Å². The van der Waals surface area contributed by atoms with Gasteiger partial charge in [0.25, 0.3) is 0 Å². The molecule has 0 saturated heterocycles. The van der Waals surface area contributed by atoms with Crippen molar-refractivity contribution >= 4 is 17.9 Å². The van der Waals surface area contributed by atoms with Crippen molar-refractivity contribution in [2.24, 2.45) is 5.92 Å². The first-order valence-electron chi connectivity index (χ1n) is 20.4. The predicted octanol–water partition coefficient (Wildman–Crippen LogP) is 12.4. The van der Waals surface area contributed by atoms with Crippen LogP contribution >= 0.6 is 0 Å². The molecule has 0 fully saturated rings. The molecule has 0 aliphatic rings. The van der Waals surface area contributed by atoms with E-state index in [4.69, 9.17) is 14.2 Å². The Morgan fingerprint density at radius 3 is 1.04 bits per heavy atom. The van der Waals surface area contributed by atoms with Gasteiger partial charge in [0.05, 0.1) is 0 Å². The van der Waals surface area contributed by atoms with E-state index in [1.807, 2.05) is 0 Å². The molecular formula is C41H78O6. The van der Waals surface area contributed by atoms with Gasteiger partial charge in [-0.25, -0.2) is 0 Å². The monoisotopic (exact) mass is 667 g/mol. The molecule has 1 atom stereocenters. The van der Waals surface area contributed by atoms with Crippen LogP contribution in [0.3, 0.4) is 0 Å². The summed E-state index contributed by atoms with van der Waals surface area (Å²) < 4.78 is 16.6. The Kier molecular flexibility index (Phi) is 34.5. The molecule has 278 valence electrons. The second-order valence-corrected chi connectivity index (χ2v) is 14.4. The lowest BCUT2D eigenvalue weighted by atomic mass is 10.0. The van der Waals surface area contributed by atoms with E-state index < -0.39 is 6.10 Å². The quantitative estimate of drug-likeness (QED) is 0.0376. The highest BCUT2D eigenvalue weighted by Crippen LogP contribution is 2.15. The second kappa shape index (κ2) is 35.7. The Hall–Kier alpha value is -1.59. The SMILES string of the molecule is CCCCCCCCCCCCCC(=O)OC[C@H](COC(=O)CCCCCCCCC(C)C)OC(=O)CCCCCCCCCCC. The maximum absolute atomic E-state index is 12.6. The number of rotatable bonds is 36. The molecule has 0 bridgehead atoms. The van der Waals surface area contributed by atoms with Crippen molar-refractivity contribution in [2.75, 3.05) is 13.2 Å². The Labute approximate surface area is 291 Å². The van der Waals surface area contributed by atoms with Gasteiger partial charge in [0.1, 0.15) is 13.2 Å². The van der Waals surface area contributed by atoms with E-state index in [0.29, 0.717) is 19.3 Å². The van der Waals surface area contributed by atoms with Gasteiger partial charge < -0.3 is 14.2 Å². The van der Waals surface area contributed by atoms with Crippen LogP contribution in [0.2, 0.25) is 0 Å². The van der Waals surface area contributed by atoms with E-state index >= 15 is 0 Å². The summed E-state index contributed by atoms with van der Waals surface area (Å²) in [5, 5.41) is 0. The molecule has 0 rings (SSSR count). The average molecular weight is 667 g/mol. The number of carbonyl (C=O) groups is 3. The summed E-state index contributed by atoms with van der Waals surface area (Å²) in [6.45, 7) is 8.88. The zero-order valence-corrected chi connectivity index (χ0v) is 31.7. The third-order valence-electron chi connectivity index (χ3n) is 9.04. The molecule has 6 nitrogen and oxygen atoms in total. The molecule has 0 aromatic heterocycles. The molecule has 0 aromatic rings. The van der Waals surface area contributed by atoms with Crippen LogP contribution in [-0.2, 0) is 28.6 Å². The van der Waals surface area contributed by atoms with Crippen LogP contribution in [0.15, 0.2) is 0 Å². The molecule has 0 amide bonds. The minimum absolute atomic E-state index is 0.0655. The number of ether oxygens (including phenoxy) is 3. The Morgan fingerprint density at radius 2 is 0.702 bits per heavy atom. The van der Waals surface area contributed by atoms with Gasteiger partial charge in [0, 0.05) is 19.3 Å². The van der Waals surface area contributed by atoms with E-state index in [1.165, 1.54) is 116 Å². The van der Waals surface area contributed by atoms with Crippen molar-refractivity contribution < 1.29 is 28.6 Å². The highest BCUT2D eigenvalue weighted by Gasteiger charge is 2.19. The number of hydrogen-bond donors (Lipinski definition) is 0. The highest BCUT2D eigenvalue weighted by molar-refractivity contribution is 5.71. The zero-order chi connectivity index (χ0) is 34.6. The standard InChI is InChI=1S/C41H78O6/c1-5-7-9-11-13-15-16-18-19-24-28-32-39(42)45-35-38(47-41(44)34-30-26-20-17-14-12-10-8-6-2)36-46-40(43)33-29-25-22-21-23-27-31-37(3)4/h37-38H,5-36H2,1-4H3/t38-/m1/s1. The van der Waals surface area contributed by atoms with Gasteiger partial charge in [-0.3, -0.25) is 14.4 Å². The van der Waals surface area contributed by atoms with Crippen molar-refractivity contribution in [3.63, 3.8) is 0 Å². The highest BCUT2D eigenvalue weighted by atomic mass is 16.6. The molecule has 0 heterocycles. The van der Waals surface area contributed by atoms with Crippen LogP contribution < -0.4 is 0 Å². The molecule has 0 radical (unpaired) electrons. The first-order valence-corrected chi connectivity index (χ1v) is 20.4. The van der Waals surface area contributed by atoms with Crippen molar-refractivity contribution in [1.82, 2.24) is 0 Å². The topological polar surface area (TPSA) is 78.9 Å². The van der Waals surface area contributed by atoms with Gasteiger partial charge in [-0.15, -0.1) is 0 Å². The first-order chi connectivity index (χ1) is 22.9. The maximum atomic E-state index is 12.6. The minimum atomic E-state index is -0.757. The predicted molar refractivity (Wildman–Crippen MR) is 196 cm³/mol. The summed E-state index contributed by atoms with van der Waals surface area (Å²) in [7, 11) is 0. The lowest BCUT2D eigenvalue weighted by molar-refractivity contribution is -0.167. The number of carbonyl (C=O) groups excluding carboxylic acids is 3. The summed E-state index contributed by atoms with van der Waals surface area (Å²) in [6.07, 6.45) is 32.4. The fourth-order valence-electron chi connectivity index (χ4n) is 5.92. The lowest BCUT2D eigenvalue weighted by Crippen LogP contribution is -2.30. The van der Waals surface area contributed by atoms with E-state index in [2.05, 4.69) is 27.7 Å². The van der Waals surface area contributed by atoms with Crippen molar-refractivity contribution in [3.8, 4) is 0 Å². The van der Waals surface area contributed by atoms with Crippen LogP contribution in [0.5, 0.6) is 0 Å². The largest absolute Gasteiger partial charge is 0.462 e. The van der Waals surface area contributed by atoms with Gasteiger partial charge in [-0.2, -0.15) is 0 Å². The molecule has 6 heteroatoms. The van der Waals surface area contributed by atoms with Crippen molar-refractivity contribution in [1.29, 1.82) is 0 Å². The van der Waals surface area contributed by atoms with Crippen molar-refractivity contribution in [3.05, 3.63) is 0 Å². The fraction of sp³-hybridized carbons (Fsp3) is 0.927. The van der Waals surface area contributed by atoms with Crippen molar-refractivity contribution in [2.45, 2.75) is 226 Å². The third-order valence-corrected chi connectivity index (χ3v) is 9.04. The molecular weight excluding hydrogens is 588 g/mol. The molecule has 47 heavy (non-hydrogen) atoms. The van der Waals surface area contributed by atoms with Crippen LogP contribution in [-0.4, -0.2) is 37.2 Å². The van der Waals surface area contributed by atoms with E-state index in [9.17, 15) is 14.4 Å². The van der Waals surface area contributed by atoms with Gasteiger partial charge in [-0.05, 0) is 25.2 Å². The van der Waals surface area contributed by atoms with E-state index in [0.717, 1.165) is 63.7 Å². The molecule has 0 saturated carbocycles. The molecule has 0 aromatic carbocycles. The van der Waals surface area contributed by atoms with Gasteiger partial charge in [-0.1, -0.05) is 182 Å². The second-order valence-electron chi connectivity index (χ2n) is 14.4. The zero-order valence-electron chi connectivity index (χ0n) is 31.7. The summed E-state index contributed by atoms with van der Waals surface area (Å²) in [5.74, 6) is -0.105. The summed E-state index contributed by atoms with van der Waals surface area (Å²) in [6, 6.07) is 0. The molecule has 0 aliphatic heterocycles. The van der Waals surface area contributed by atoms with E-state index in [1.54, 1.807) is 0 Å². The Morgan fingerprint density at radius 1 is 0.404 bits per heavy atom. The van der Waals surface area contributed by atoms with E-state index in [-0.39, 0.29) is 31.1 Å². The molecule has 0 N–H and O–H groups in total. The number of esters is 3. The average Bonchev–Trinajstić information content (AvgIpc) is 3.05. The molecule has 0 unspecified atom stereocenters. The number of unbranched alkanes of at least 4 members (excludes halogenated alkanes) is 23. The normalized spacial score (nSPS) is 11.9. The molecule has 0 aliphatic carbocycles. The summed E-state index contributed by atoms with van der Waals surface area (Å²) in [5.41, 5.74) is 0. The van der Waals surface area contributed by atoms with Gasteiger partial charge >= 0.3 is 17.9 Å².